The lowest BCUT2D eigenvalue weighted by atomic mass is 10.2. The molecule has 1 aromatic rings. The third kappa shape index (κ3) is 4.39. The van der Waals surface area contributed by atoms with Gasteiger partial charge in [0.2, 0.25) is 6.43 Å². The van der Waals surface area contributed by atoms with Gasteiger partial charge in [0, 0.05) is 16.3 Å². The molecule has 1 amide bonds. The van der Waals surface area contributed by atoms with Crippen LogP contribution in [0.1, 0.15) is 16.1 Å². The highest BCUT2D eigenvalue weighted by atomic mass is 79.9. The number of halogens is 3. The van der Waals surface area contributed by atoms with Crippen LogP contribution in [0.25, 0.3) is 0 Å². The lowest BCUT2D eigenvalue weighted by Crippen LogP contribution is -2.41. The summed E-state index contributed by atoms with van der Waals surface area (Å²) >= 11 is 4.22. The van der Waals surface area contributed by atoms with Gasteiger partial charge in [-0.2, -0.15) is 0 Å². The van der Waals surface area contributed by atoms with Gasteiger partial charge in [0.15, 0.2) is 0 Å². The fraction of sp³-hybridized carbons (Fsp3) is 0.333. The summed E-state index contributed by atoms with van der Waals surface area (Å²) in [5.41, 5.74) is 0. The molecule has 1 aromatic heterocycles. The van der Waals surface area contributed by atoms with Crippen molar-refractivity contribution in [1.82, 2.24) is 5.32 Å². The van der Waals surface area contributed by atoms with E-state index < -0.39 is 30.8 Å². The molecule has 17 heavy (non-hydrogen) atoms. The number of carboxylic acid groups (broad SMARTS) is 1. The second kappa shape index (κ2) is 6.06. The molecule has 1 heterocycles. The van der Waals surface area contributed by atoms with Crippen molar-refractivity contribution < 1.29 is 23.5 Å². The summed E-state index contributed by atoms with van der Waals surface area (Å²) in [7, 11) is 0. The zero-order chi connectivity index (χ0) is 13.0. The second-order valence-corrected chi connectivity index (χ2v) is 4.95. The summed E-state index contributed by atoms with van der Waals surface area (Å²) in [5, 5.41) is 12.4. The molecule has 1 unspecified atom stereocenters. The SMILES string of the molecule is O=C(NC(CC(F)F)C(=O)O)c1cc(Br)cs1. The summed E-state index contributed by atoms with van der Waals surface area (Å²) in [6.45, 7) is 0. The highest BCUT2D eigenvalue weighted by Crippen LogP contribution is 2.19. The third-order valence-electron chi connectivity index (χ3n) is 1.81. The number of alkyl halides is 2. The molecule has 2 N–H and O–H groups in total. The molecule has 0 fully saturated rings. The number of aliphatic carboxylic acids is 1. The zero-order valence-corrected chi connectivity index (χ0v) is 10.7. The topological polar surface area (TPSA) is 66.4 Å². The van der Waals surface area contributed by atoms with Crippen LogP contribution in [0.4, 0.5) is 8.78 Å². The molecule has 0 aliphatic heterocycles. The minimum atomic E-state index is -2.79. The molecule has 0 bridgehead atoms. The van der Waals surface area contributed by atoms with Gasteiger partial charge < -0.3 is 10.4 Å². The van der Waals surface area contributed by atoms with Crippen LogP contribution in [0.2, 0.25) is 0 Å². The summed E-state index contributed by atoms with van der Waals surface area (Å²) in [6.07, 6.45) is -3.69. The quantitative estimate of drug-likeness (QED) is 0.872. The van der Waals surface area contributed by atoms with Crippen LogP contribution in [0.15, 0.2) is 15.9 Å². The van der Waals surface area contributed by atoms with Gasteiger partial charge in [0.1, 0.15) is 6.04 Å². The van der Waals surface area contributed by atoms with Crippen LogP contribution in [-0.4, -0.2) is 29.5 Å². The molecular weight excluding hydrogens is 320 g/mol. The van der Waals surface area contributed by atoms with Crippen molar-refractivity contribution >= 4 is 39.1 Å². The summed E-state index contributed by atoms with van der Waals surface area (Å²) < 4.78 is 24.8. The largest absolute Gasteiger partial charge is 0.480 e. The highest BCUT2D eigenvalue weighted by molar-refractivity contribution is 9.10. The van der Waals surface area contributed by atoms with E-state index in [2.05, 4.69) is 15.9 Å². The predicted molar refractivity (Wildman–Crippen MR) is 61.5 cm³/mol. The lowest BCUT2D eigenvalue weighted by molar-refractivity contribution is -0.140. The lowest BCUT2D eigenvalue weighted by Gasteiger charge is -2.12. The van der Waals surface area contributed by atoms with Crippen LogP contribution in [-0.2, 0) is 4.79 Å². The van der Waals surface area contributed by atoms with Crippen molar-refractivity contribution in [3.05, 3.63) is 20.8 Å². The number of carbonyl (C=O) groups excluding carboxylic acids is 1. The summed E-state index contributed by atoms with van der Waals surface area (Å²) in [5.74, 6) is -2.15. The first kappa shape index (κ1) is 14.0. The molecule has 4 nitrogen and oxygen atoms in total. The van der Waals surface area contributed by atoms with E-state index in [1.54, 1.807) is 5.38 Å². The Morgan fingerprint density at radius 1 is 1.53 bits per heavy atom. The van der Waals surface area contributed by atoms with Crippen LogP contribution >= 0.6 is 27.3 Å². The first-order chi connectivity index (χ1) is 7.90. The van der Waals surface area contributed by atoms with Gasteiger partial charge in [0.05, 0.1) is 4.88 Å². The van der Waals surface area contributed by atoms with Gasteiger partial charge in [-0.1, -0.05) is 0 Å². The second-order valence-electron chi connectivity index (χ2n) is 3.12. The highest BCUT2D eigenvalue weighted by Gasteiger charge is 2.24. The Morgan fingerprint density at radius 2 is 2.18 bits per heavy atom. The van der Waals surface area contributed by atoms with E-state index in [1.165, 1.54) is 6.07 Å². The monoisotopic (exact) mass is 327 g/mol. The van der Waals surface area contributed by atoms with Crippen molar-refractivity contribution in [2.24, 2.45) is 0 Å². The Labute approximate surface area is 108 Å². The number of hydrogen-bond donors (Lipinski definition) is 2. The zero-order valence-electron chi connectivity index (χ0n) is 8.32. The van der Waals surface area contributed by atoms with E-state index in [1.807, 2.05) is 5.32 Å². The smallest absolute Gasteiger partial charge is 0.326 e. The predicted octanol–water partition coefficient (Wildman–Crippen LogP) is 2.35. The minimum absolute atomic E-state index is 0.261. The molecule has 0 saturated heterocycles. The average molecular weight is 328 g/mol. The number of rotatable bonds is 5. The van der Waals surface area contributed by atoms with Crippen molar-refractivity contribution in [2.45, 2.75) is 18.9 Å². The molecule has 94 valence electrons. The molecule has 0 aromatic carbocycles. The molecule has 8 heteroatoms. The van der Waals surface area contributed by atoms with Crippen molar-refractivity contribution in [2.75, 3.05) is 0 Å². The van der Waals surface area contributed by atoms with Crippen molar-refractivity contribution in [3.8, 4) is 0 Å². The normalized spacial score (nSPS) is 12.5. The molecular formula is C9H8BrF2NO3S. The number of amides is 1. The Bertz CT molecular complexity index is 424. The third-order valence-corrected chi connectivity index (χ3v) is 3.50. The van der Waals surface area contributed by atoms with Gasteiger partial charge in [-0.25, -0.2) is 13.6 Å². The molecule has 0 radical (unpaired) electrons. The van der Waals surface area contributed by atoms with E-state index in [0.29, 0.717) is 4.47 Å². The van der Waals surface area contributed by atoms with Gasteiger partial charge in [-0.05, 0) is 22.0 Å². The summed E-state index contributed by atoms with van der Waals surface area (Å²) in [6, 6.07) is -0.0928. The van der Waals surface area contributed by atoms with Gasteiger partial charge in [-0.3, -0.25) is 4.79 Å². The molecule has 0 aliphatic rings. The van der Waals surface area contributed by atoms with Crippen LogP contribution in [0, 0.1) is 0 Å². The van der Waals surface area contributed by atoms with E-state index in [0.717, 1.165) is 11.3 Å². The van der Waals surface area contributed by atoms with E-state index in [-0.39, 0.29) is 4.88 Å². The maximum absolute atomic E-state index is 12.1. The van der Waals surface area contributed by atoms with Crippen molar-refractivity contribution in [3.63, 3.8) is 0 Å². The Kier molecular flexibility index (Phi) is 5.01. The molecule has 1 atom stereocenters. The van der Waals surface area contributed by atoms with E-state index in [9.17, 15) is 18.4 Å². The van der Waals surface area contributed by atoms with E-state index >= 15 is 0 Å². The molecule has 0 spiro atoms. The number of thiophene rings is 1. The van der Waals surface area contributed by atoms with Gasteiger partial charge in [0.25, 0.3) is 5.91 Å². The maximum atomic E-state index is 12.1. The van der Waals surface area contributed by atoms with Crippen molar-refractivity contribution in [1.29, 1.82) is 0 Å². The Hall–Kier alpha value is -1.02. The number of hydrogen-bond acceptors (Lipinski definition) is 3. The molecule has 0 saturated carbocycles. The minimum Gasteiger partial charge on any atom is -0.480 e. The summed E-state index contributed by atoms with van der Waals surface area (Å²) in [4.78, 5) is 22.4. The Morgan fingerprint density at radius 3 is 2.59 bits per heavy atom. The fourth-order valence-corrected chi connectivity index (χ4v) is 2.39. The van der Waals surface area contributed by atoms with Gasteiger partial charge >= 0.3 is 5.97 Å². The van der Waals surface area contributed by atoms with Crippen LogP contribution in [0.3, 0.4) is 0 Å². The number of carboxylic acids is 1. The van der Waals surface area contributed by atoms with E-state index in [4.69, 9.17) is 5.11 Å². The first-order valence-electron chi connectivity index (χ1n) is 4.46. The van der Waals surface area contributed by atoms with Gasteiger partial charge in [-0.15, -0.1) is 11.3 Å². The Balaban J connectivity index is 2.67. The average Bonchev–Trinajstić information content (AvgIpc) is 2.63. The number of carbonyl (C=O) groups is 2. The molecule has 1 rings (SSSR count). The maximum Gasteiger partial charge on any atom is 0.326 e. The van der Waals surface area contributed by atoms with Crippen LogP contribution < -0.4 is 5.32 Å². The van der Waals surface area contributed by atoms with Crippen LogP contribution in [0.5, 0.6) is 0 Å². The first-order valence-corrected chi connectivity index (χ1v) is 6.13. The standard InChI is InChI=1S/C9H8BrF2NO3S/c10-4-1-6(17-3-4)8(14)13-5(9(15)16)2-7(11)12/h1,3,5,7H,2H2,(H,13,14)(H,15,16). The number of nitrogens with one attached hydrogen (secondary N) is 1. The fourth-order valence-electron chi connectivity index (χ4n) is 1.06. The molecule has 0 aliphatic carbocycles.